The zero-order chi connectivity index (χ0) is 12.6. The number of aliphatic hydroxyl groups excluding tert-OH is 1. The first-order valence-corrected chi connectivity index (χ1v) is 6.60. The topological polar surface area (TPSA) is 40.5 Å². The van der Waals surface area contributed by atoms with Crippen LogP contribution in [0.4, 0.5) is 0 Å². The van der Waals surface area contributed by atoms with E-state index >= 15 is 0 Å². The molecule has 0 saturated heterocycles. The molecule has 2 aromatic rings. The summed E-state index contributed by atoms with van der Waals surface area (Å²) in [4.78, 5) is 0. The van der Waals surface area contributed by atoms with E-state index in [2.05, 4.69) is 0 Å². The maximum Gasteiger partial charge on any atom is 0.116 e. The highest BCUT2D eigenvalue weighted by molar-refractivity contribution is 5.86. The molecular weight excluding hydrogens is 224 g/mol. The van der Waals surface area contributed by atoms with Gasteiger partial charge in [0.2, 0.25) is 0 Å². The standard InChI is InChI=1S/C16H18O2/c17-15-10-3-4-11-16(15,18)14-9-5-7-12-6-1-2-8-13(12)14/h1-2,5-9,15,17-18H,3-4,10-11H2/t15-,16-/m1/s1. The largest absolute Gasteiger partial charge is 0.390 e. The molecule has 0 amide bonds. The van der Waals surface area contributed by atoms with Gasteiger partial charge in [-0.25, -0.2) is 0 Å². The van der Waals surface area contributed by atoms with Gasteiger partial charge in [-0.05, 0) is 29.2 Å². The average molecular weight is 242 g/mol. The zero-order valence-electron chi connectivity index (χ0n) is 10.3. The Labute approximate surface area is 107 Å². The van der Waals surface area contributed by atoms with Crippen molar-refractivity contribution in [3.05, 3.63) is 48.0 Å². The fourth-order valence-corrected chi connectivity index (χ4v) is 3.05. The number of benzene rings is 2. The van der Waals surface area contributed by atoms with Crippen LogP contribution in [0.25, 0.3) is 10.8 Å². The van der Waals surface area contributed by atoms with Gasteiger partial charge in [-0.15, -0.1) is 0 Å². The van der Waals surface area contributed by atoms with Gasteiger partial charge in [0.15, 0.2) is 0 Å². The third kappa shape index (κ3) is 1.73. The summed E-state index contributed by atoms with van der Waals surface area (Å²) in [6.45, 7) is 0. The van der Waals surface area contributed by atoms with Crippen molar-refractivity contribution >= 4 is 10.8 Å². The van der Waals surface area contributed by atoms with Crippen LogP contribution in [0.1, 0.15) is 31.2 Å². The van der Waals surface area contributed by atoms with Gasteiger partial charge in [0.25, 0.3) is 0 Å². The quantitative estimate of drug-likeness (QED) is 0.807. The molecule has 1 fully saturated rings. The Morgan fingerprint density at radius 1 is 1.00 bits per heavy atom. The normalized spacial score (nSPS) is 28.4. The van der Waals surface area contributed by atoms with Crippen LogP contribution >= 0.6 is 0 Å². The van der Waals surface area contributed by atoms with Crippen LogP contribution in [0.15, 0.2) is 42.5 Å². The van der Waals surface area contributed by atoms with E-state index in [1.807, 2.05) is 42.5 Å². The summed E-state index contributed by atoms with van der Waals surface area (Å²) in [6.07, 6.45) is 2.63. The molecule has 2 nitrogen and oxygen atoms in total. The molecule has 0 aliphatic heterocycles. The molecule has 3 rings (SSSR count). The average Bonchev–Trinajstić information content (AvgIpc) is 2.41. The molecular formula is C16H18O2. The molecule has 1 aliphatic carbocycles. The highest BCUT2D eigenvalue weighted by atomic mass is 16.3. The molecule has 94 valence electrons. The molecule has 0 aromatic heterocycles. The van der Waals surface area contributed by atoms with E-state index in [4.69, 9.17) is 0 Å². The van der Waals surface area contributed by atoms with Gasteiger partial charge in [0.05, 0.1) is 6.10 Å². The Kier molecular flexibility index (Phi) is 2.84. The number of hydrogen-bond donors (Lipinski definition) is 2. The summed E-state index contributed by atoms with van der Waals surface area (Å²) in [5.41, 5.74) is -0.216. The Balaban J connectivity index is 2.19. The van der Waals surface area contributed by atoms with E-state index in [-0.39, 0.29) is 0 Å². The highest BCUT2D eigenvalue weighted by Crippen LogP contribution is 2.40. The fourth-order valence-electron chi connectivity index (χ4n) is 3.05. The third-order valence-corrected chi connectivity index (χ3v) is 4.09. The molecule has 0 radical (unpaired) electrons. The highest BCUT2D eigenvalue weighted by Gasteiger charge is 2.40. The summed E-state index contributed by atoms with van der Waals surface area (Å²) in [5.74, 6) is 0. The maximum atomic E-state index is 10.9. The Morgan fingerprint density at radius 3 is 2.61 bits per heavy atom. The molecule has 0 unspecified atom stereocenters. The van der Waals surface area contributed by atoms with Gasteiger partial charge in [-0.1, -0.05) is 55.3 Å². The van der Waals surface area contributed by atoms with Crippen molar-refractivity contribution < 1.29 is 10.2 Å². The summed E-state index contributed by atoms with van der Waals surface area (Å²) < 4.78 is 0. The first-order valence-electron chi connectivity index (χ1n) is 6.60. The van der Waals surface area contributed by atoms with Gasteiger partial charge in [-0.3, -0.25) is 0 Å². The maximum absolute atomic E-state index is 10.9. The van der Waals surface area contributed by atoms with E-state index in [1.54, 1.807) is 0 Å². The second-order valence-electron chi connectivity index (χ2n) is 5.21. The Morgan fingerprint density at radius 2 is 1.78 bits per heavy atom. The molecule has 0 bridgehead atoms. The molecule has 18 heavy (non-hydrogen) atoms. The summed E-state index contributed by atoms with van der Waals surface area (Å²) in [7, 11) is 0. The van der Waals surface area contributed by atoms with Crippen molar-refractivity contribution in [2.45, 2.75) is 37.4 Å². The monoisotopic (exact) mass is 242 g/mol. The number of hydrogen-bond acceptors (Lipinski definition) is 2. The number of rotatable bonds is 1. The first-order chi connectivity index (χ1) is 8.72. The van der Waals surface area contributed by atoms with Gasteiger partial charge in [-0.2, -0.15) is 0 Å². The van der Waals surface area contributed by atoms with Crippen LogP contribution in [-0.2, 0) is 5.60 Å². The molecule has 2 atom stereocenters. The second kappa shape index (κ2) is 4.38. The van der Waals surface area contributed by atoms with Crippen molar-refractivity contribution in [1.29, 1.82) is 0 Å². The van der Waals surface area contributed by atoms with Crippen molar-refractivity contribution in [3.8, 4) is 0 Å². The van der Waals surface area contributed by atoms with E-state index < -0.39 is 11.7 Å². The molecule has 0 heterocycles. The SMILES string of the molecule is O[C@@H]1CCCC[C@@]1(O)c1cccc2ccccc12. The first kappa shape index (κ1) is 11.7. The smallest absolute Gasteiger partial charge is 0.116 e. The molecule has 0 spiro atoms. The Hall–Kier alpha value is -1.38. The molecule has 1 saturated carbocycles. The van der Waals surface area contributed by atoms with Crippen LogP contribution in [0.3, 0.4) is 0 Å². The van der Waals surface area contributed by atoms with Crippen LogP contribution in [0.2, 0.25) is 0 Å². The predicted octanol–water partition coefficient (Wildman–Crippen LogP) is 2.96. The minimum Gasteiger partial charge on any atom is -0.390 e. The van der Waals surface area contributed by atoms with E-state index in [9.17, 15) is 10.2 Å². The lowest BCUT2D eigenvalue weighted by Gasteiger charge is -2.38. The van der Waals surface area contributed by atoms with Crippen molar-refractivity contribution in [1.82, 2.24) is 0 Å². The van der Waals surface area contributed by atoms with Gasteiger partial charge in [0, 0.05) is 0 Å². The molecule has 2 heteroatoms. The van der Waals surface area contributed by atoms with Gasteiger partial charge >= 0.3 is 0 Å². The number of fused-ring (bicyclic) bond motifs is 1. The minimum atomic E-state index is -1.08. The summed E-state index contributed by atoms with van der Waals surface area (Å²) in [5, 5.41) is 23.2. The van der Waals surface area contributed by atoms with Crippen LogP contribution < -0.4 is 0 Å². The summed E-state index contributed by atoms with van der Waals surface area (Å²) >= 11 is 0. The van der Waals surface area contributed by atoms with Crippen LogP contribution in [0.5, 0.6) is 0 Å². The second-order valence-corrected chi connectivity index (χ2v) is 5.21. The lowest BCUT2D eigenvalue weighted by molar-refractivity contribution is -0.105. The Bertz CT molecular complexity index is 559. The van der Waals surface area contributed by atoms with E-state index in [0.717, 1.165) is 29.2 Å². The van der Waals surface area contributed by atoms with E-state index in [1.165, 1.54) is 0 Å². The minimum absolute atomic E-state index is 0.641. The fraction of sp³-hybridized carbons (Fsp3) is 0.375. The number of aliphatic hydroxyl groups is 2. The van der Waals surface area contributed by atoms with Gasteiger partial charge in [0.1, 0.15) is 5.60 Å². The third-order valence-electron chi connectivity index (χ3n) is 4.09. The van der Waals surface area contributed by atoms with Crippen LogP contribution in [0, 0.1) is 0 Å². The van der Waals surface area contributed by atoms with Crippen molar-refractivity contribution in [2.75, 3.05) is 0 Å². The van der Waals surface area contributed by atoms with E-state index in [0.29, 0.717) is 12.8 Å². The lowest BCUT2D eigenvalue weighted by atomic mass is 9.76. The van der Waals surface area contributed by atoms with Gasteiger partial charge < -0.3 is 10.2 Å². The summed E-state index contributed by atoms with van der Waals surface area (Å²) in [6, 6.07) is 14.0. The molecule has 2 N–H and O–H groups in total. The zero-order valence-corrected chi connectivity index (χ0v) is 10.3. The van der Waals surface area contributed by atoms with Crippen molar-refractivity contribution in [2.24, 2.45) is 0 Å². The lowest BCUT2D eigenvalue weighted by Crippen LogP contribution is -2.42. The van der Waals surface area contributed by atoms with Crippen molar-refractivity contribution in [3.63, 3.8) is 0 Å². The van der Waals surface area contributed by atoms with Crippen LogP contribution in [-0.4, -0.2) is 16.3 Å². The molecule has 1 aliphatic rings. The molecule has 2 aromatic carbocycles. The predicted molar refractivity (Wildman–Crippen MR) is 72.3 cm³/mol.